The molecule has 248 valence electrons. The van der Waals surface area contributed by atoms with Crippen LogP contribution in [0, 0.1) is 5.41 Å². The van der Waals surface area contributed by atoms with Crippen molar-refractivity contribution in [1.82, 2.24) is 24.6 Å². The average Bonchev–Trinajstić information content (AvgIpc) is 3.51. The molecule has 46 heavy (non-hydrogen) atoms. The average molecular weight is 660 g/mol. The number of fused-ring (bicyclic) bond motifs is 2. The lowest BCUT2D eigenvalue weighted by Crippen LogP contribution is -2.41. The molecule has 0 amide bonds. The summed E-state index contributed by atoms with van der Waals surface area (Å²) in [6.07, 6.45) is -3.18. The number of anilines is 2. The molecule has 1 fully saturated rings. The molecule has 16 heteroatoms. The second-order valence-corrected chi connectivity index (χ2v) is 14.2. The number of rotatable bonds is 11. The van der Waals surface area contributed by atoms with Crippen LogP contribution in [-0.2, 0) is 23.4 Å². The molecule has 1 saturated heterocycles. The fraction of sp³-hybridized carbons (Fsp3) is 0.467. The molecule has 4 aromatic rings. The number of ether oxygens (including phenoxy) is 2. The molecule has 2 aromatic carbocycles. The van der Waals surface area contributed by atoms with Crippen LogP contribution in [0.15, 0.2) is 48.8 Å². The number of nitrogens with zero attached hydrogens (tertiary/aromatic N) is 4. The van der Waals surface area contributed by atoms with Gasteiger partial charge in [0.05, 0.1) is 19.5 Å². The third-order valence-electron chi connectivity index (χ3n) is 7.37. The molecule has 2 aromatic heterocycles. The van der Waals surface area contributed by atoms with E-state index < -0.39 is 50.5 Å². The molecule has 5 rings (SSSR count). The van der Waals surface area contributed by atoms with Crippen molar-refractivity contribution in [3.05, 3.63) is 48.8 Å². The summed E-state index contributed by atoms with van der Waals surface area (Å²) in [5.41, 5.74) is 3.67. The van der Waals surface area contributed by atoms with E-state index in [4.69, 9.17) is 24.3 Å². The minimum absolute atomic E-state index is 0.0784. The molecule has 0 spiro atoms. The van der Waals surface area contributed by atoms with Gasteiger partial charge in [0.1, 0.15) is 24.0 Å². The fourth-order valence-corrected chi connectivity index (χ4v) is 6.52. The molecule has 5 N–H and O–H groups in total. The van der Waals surface area contributed by atoms with E-state index in [1.54, 1.807) is 31.3 Å². The van der Waals surface area contributed by atoms with E-state index in [2.05, 4.69) is 25.4 Å². The maximum Gasteiger partial charge on any atom is 0.459 e. The Morgan fingerprint density at radius 2 is 1.96 bits per heavy atom. The number of alkyl halides is 1. The number of nitrogen functional groups attached to an aromatic ring is 1. The molecule has 6 atom stereocenters. The second-order valence-electron chi connectivity index (χ2n) is 12.5. The van der Waals surface area contributed by atoms with Crippen molar-refractivity contribution >= 4 is 47.4 Å². The van der Waals surface area contributed by atoms with Crippen LogP contribution in [0.5, 0.6) is 5.75 Å². The molecule has 1 aliphatic heterocycles. The monoisotopic (exact) mass is 659 g/mol. The number of hydrogen-bond donors (Lipinski definition) is 4. The minimum atomic E-state index is -4.41. The summed E-state index contributed by atoms with van der Waals surface area (Å²) in [5, 5.41) is 18.0. The van der Waals surface area contributed by atoms with E-state index in [1.807, 2.05) is 39.0 Å². The van der Waals surface area contributed by atoms with Crippen LogP contribution in [0.25, 0.3) is 21.9 Å². The number of hydrogen-bond acceptors (Lipinski definition) is 12. The van der Waals surface area contributed by atoms with Crippen LogP contribution in [-0.4, -0.2) is 74.8 Å². The Hall–Kier alpha value is -3.88. The van der Waals surface area contributed by atoms with E-state index in [-0.39, 0.29) is 29.4 Å². The quantitative estimate of drug-likeness (QED) is 0.132. The highest BCUT2D eigenvalue weighted by molar-refractivity contribution is 7.52. The lowest BCUT2D eigenvalue weighted by Gasteiger charge is -2.26. The summed E-state index contributed by atoms with van der Waals surface area (Å²) >= 11 is 0. The zero-order valence-electron chi connectivity index (χ0n) is 26.4. The van der Waals surface area contributed by atoms with Crippen molar-refractivity contribution in [2.24, 2.45) is 5.41 Å². The third-order valence-corrected chi connectivity index (χ3v) is 9.00. The molecule has 0 radical (unpaired) electrons. The van der Waals surface area contributed by atoms with E-state index >= 15 is 4.39 Å². The molecule has 0 unspecified atom stereocenters. The van der Waals surface area contributed by atoms with Gasteiger partial charge in [-0.3, -0.25) is 13.9 Å². The Morgan fingerprint density at radius 1 is 1.24 bits per heavy atom. The summed E-state index contributed by atoms with van der Waals surface area (Å²) in [7, 11) is -2.78. The first kappa shape index (κ1) is 33.5. The Balaban J connectivity index is 1.40. The van der Waals surface area contributed by atoms with Gasteiger partial charge in [0.15, 0.2) is 28.9 Å². The number of aliphatic hydroxyl groups is 1. The number of aromatic nitrogens is 4. The number of carbonyl (C=O) groups is 1. The van der Waals surface area contributed by atoms with Crippen LogP contribution in [0.1, 0.15) is 40.8 Å². The first-order valence-electron chi connectivity index (χ1n) is 14.7. The first-order valence-corrected chi connectivity index (χ1v) is 16.2. The van der Waals surface area contributed by atoms with Gasteiger partial charge in [-0.15, -0.1) is 0 Å². The largest absolute Gasteiger partial charge is 0.464 e. The van der Waals surface area contributed by atoms with Gasteiger partial charge in [-0.05, 0) is 30.7 Å². The van der Waals surface area contributed by atoms with Gasteiger partial charge in [0.25, 0.3) is 0 Å². The Kier molecular flexibility index (Phi) is 9.26. The van der Waals surface area contributed by atoms with Crippen molar-refractivity contribution in [3.8, 4) is 5.75 Å². The van der Waals surface area contributed by atoms with Crippen molar-refractivity contribution in [2.45, 2.75) is 64.8 Å². The normalized spacial score (nSPS) is 23.7. The number of imidazole rings is 1. The van der Waals surface area contributed by atoms with Crippen molar-refractivity contribution in [2.75, 3.05) is 31.3 Å². The summed E-state index contributed by atoms with van der Waals surface area (Å²) < 4.78 is 54.9. The van der Waals surface area contributed by atoms with Crippen LogP contribution < -0.4 is 20.7 Å². The summed E-state index contributed by atoms with van der Waals surface area (Å²) in [6.45, 7) is 7.88. The van der Waals surface area contributed by atoms with Crippen LogP contribution in [0.2, 0.25) is 0 Å². The Bertz CT molecular complexity index is 1770. The van der Waals surface area contributed by atoms with E-state index in [0.29, 0.717) is 16.7 Å². The summed E-state index contributed by atoms with van der Waals surface area (Å²) in [6, 6.07) is 11.3. The van der Waals surface area contributed by atoms with Gasteiger partial charge in [-0.25, -0.2) is 13.9 Å². The summed E-state index contributed by atoms with van der Waals surface area (Å²) in [4.78, 5) is 25.4. The first-order chi connectivity index (χ1) is 21.6. The number of halogens is 1. The Labute approximate surface area is 265 Å². The highest BCUT2D eigenvalue weighted by Crippen LogP contribution is 2.49. The van der Waals surface area contributed by atoms with Gasteiger partial charge in [0, 0.05) is 12.4 Å². The smallest absolute Gasteiger partial charge is 0.459 e. The van der Waals surface area contributed by atoms with Gasteiger partial charge < -0.3 is 30.2 Å². The molecular formula is C30H39FN7O7P. The van der Waals surface area contributed by atoms with E-state index in [1.165, 1.54) is 17.8 Å². The minimum Gasteiger partial charge on any atom is -0.464 e. The van der Waals surface area contributed by atoms with Gasteiger partial charge in [0.2, 0.25) is 5.95 Å². The zero-order chi connectivity index (χ0) is 33.4. The van der Waals surface area contributed by atoms with Gasteiger partial charge in [-0.2, -0.15) is 15.1 Å². The van der Waals surface area contributed by atoms with Crippen molar-refractivity contribution in [3.63, 3.8) is 0 Å². The number of esters is 1. The van der Waals surface area contributed by atoms with E-state index in [9.17, 15) is 14.5 Å². The molecular weight excluding hydrogens is 620 g/mol. The Morgan fingerprint density at radius 3 is 2.67 bits per heavy atom. The topological polar surface area (TPSA) is 185 Å². The van der Waals surface area contributed by atoms with Gasteiger partial charge in [-0.1, -0.05) is 57.2 Å². The molecule has 0 aliphatic carbocycles. The van der Waals surface area contributed by atoms with Crippen molar-refractivity contribution < 1.29 is 37.4 Å². The maximum atomic E-state index is 16.2. The van der Waals surface area contributed by atoms with Crippen molar-refractivity contribution in [1.29, 1.82) is 0 Å². The van der Waals surface area contributed by atoms with E-state index in [0.717, 1.165) is 12.3 Å². The zero-order valence-corrected chi connectivity index (χ0v) is 27.3. The number of benzene rings is 2. The lowest BCUT2D eigenvalue weighted by atomic mass is 9.98. The predicted molar refractivity (Wildman–Crippen MR) is 170 cm³/mol. The lowest BCUT2D eigenvalue weighted by molar-refractivity contribution is -0.148. The standard InChI is InChI=1S/C30H39FN7O7P/c1-17(26(40)42-15-29(2,3)4)37-46(41,45-20-13-9-11-18-10-7-8-12-19(18)20)43-14-21-23(39)30(5,31)27(44-21)38-16-34-22-24(33-6)35-28(32)36-25(22)38/h7-13,16-17,21,23,27,39H,14-15H2,1-6H3,(H,37,41)(H3,32,33,35,36)/t17-,21-,23-,27-,30-,46-/m1/s1. The highest BCUT2D eigenvalue weighted by Gasteiger charge is 2.56. The van der Waals surface area contributed by atoms with Gasteiger partial charge >= 0.3 is 13.7 Å². The highest BCUT2D eigenvalue weighted by atomic mass is 31.2. The number of carbonyl (C=O) groups excluding carboxylic acids is 1. The molecule has 0 bridgehead atoms. The number of nitrogens with two attached hydrogens (primary N) is 1. The third kappa shape index (κ3) is 6.93. The molecule has 1 aliphatic rings. The molecule has 14 nitrogen and oxygen atoms in total. The fourth-order valence-electron chi connectivity index (χ4n) is 5.00. The maximum absolute atomic E-state index is 16.2. The summed E-state index contributed by atoms with van der Waals surface area (Å²) in [5.74, 6) is -0.214. The molecule has 3 heterocycles. The van der Waals surface area contributed by atoms with Crippen LogP contribution >= 0.6 is 7.75 Å². The molecule has 0 saturated carbocycles. The number of nitrogens with one attached hydrogen (secondary N) is 2. The predicted octanol–water partition coefficient (Wildman–Crippen LogP) is 4.36. The van der Waals surface area contributed by atoms with Crippen LogP contribution in [0.3, 0.4) is 0 Å². The SMILES string of the molecule is CNc1nc(N)nc2c1ncn2[C@@H]1O[C@H](CO[P@](=O)(N[C@H](C)C(=O)OCC(C)(C)C)Oc2cccc3ccccc23)[C@@H](O)[C@@]1(C)F. The second kappa shape index (κ2) is 12.7. The number of aliphatic hydroxyl groups excluding tert-OH is 1. The van der Waals surface area contributed by atoms with Crippen LogP contribution in [0.4, 0.5) is 16.2 Å².